The van der Waals surface area contributed by atoms with Gasteiger partial charge in [0.05, 0.1) is 5.92 Å². The lowest BCUT2D eigenvalue weighted by Crippen LogP contribution is -2.29. The van der Waals surface area contributed by atoms with E-state index >= 15 is 0 Å². The van der Waals surface area contributed by atoms with E-state index in [-0.39, 0.29) is 25.5 Å². The maximum absolute atomic E-state index is 12.5. The number of hydrogen-bond donors (Lipinski definition) is 1. The zero-order valence-corrected chi connectivity index (χ0v) is 19.1. The summed E-state index contributed by atoms with van der Waals surface area (Å²) in [7, 11) is 0. The van der Waals surface area contributed by atoms with Crippen LogP contribution in [0.25, 0.3) is 0 Å². The molecule has 1 fully saturated rings. The van der Waals surface area contributed by atoms with Crippen LogP contribution in [0.2, 0.25) is 0 Å². The summed E-state index contributed by atoms with van der Waals surface area (Å²) in [4.78, 5) is 38.9. The van der Waals surface area contributed by atoms with Gasteiger partial charge in [-0.25, -0.2) is 0 Å². The van der Waals surface area contributed by atoms with Crippen LogP contribution in [0.1, 0.15) is 28.7 Å². The molecule has 6 nitrogen and oxygen atoms in total. The first-order valence-electron chi connectivity index (χ1n) is 9.77. The van der Waals surface area contributed by atoms with E-state index < -0.39 is 17.8 Å². The average molecular weight is 473 g/mol. The molecule has 0 aliphatic carbocycles. The van der Waals surface area contributed by atoms with Crippen LogP contribution < -0.4 is 10.2 Å². The van der Waals surface area contributed by atoms with E-state index in [1.165, 1.54) is 0 Å². The first kappa shape index (κ1) is 22.0. The molecule has 2 aromatic rings. The maximum atomic E-state index is 12.5. The fourth-order valence-electron chi connectivity index (χ4n) is 3.68. The van der Waals surface area contributed by atoms with Gasteiger partial charge in [-0.3, -0.25) is 14.4 Å². The number of ether oxygens (including phenoxy) is 1. The molecule has 1 aliphatic heterocycles. The lowest BCUT2D eigenvalue weighted by Gasteiger charge is -2.21. The molecule has 0 radical (unpaired) electrons. The number of benzene rings is 2. The van der Waals surface area contributed by atoms with Gasteiger partial charge in [0.2, 0.25) is 5.91 Å². The minimum atomic E-state index is -0.582. The second-order valence-corrected chi connectivity index (χ2v) is 8.50. The van der Waals surface area contributed by atoms with E-state index in [4.69, 9.17) is 4.74 Å². The van der Waals surface area contributed by atoms with Crippen molar-refractivity contribution in [1.29, 1.82) is 0 Å². The topological polar surface area (TPSA) is 75.7 Å². The van der Waals surface area contributed by atoms with Crippen LogP contribution in [0.5, 0.6) is 0 Å². The molecule has 0 bridgehead atoms. The van der Waals surface area contributed by atoms with Gasteiger partial charge >= 0.3 is 5.97 Å². The van der Waals surface area contributed by atoms with Crippen LogP contribution in [0.3, 0.4) is 0 Å². The number of halogens is 1. The minimum Gasteiger partial charge on any atom is -0.455 e. The molecule has 7 heteroatoms. The van der Waals surface area contributed by atoms with E-state index in [9.17, 15) is 14.4 Å². The Kier molecular flexibility index (Phi) is 6.61. The van der Waals surface area contributed by atoms with Crippen molar-refractivity contribution in [3.8, 4) is 0 Å². The summed E-state index contributed by atoms with van der Waals surface area (Å²) in [5.41, 5.74) is 5.45. The van der Waals surface area contributed by atoms with Gasteiger partial charge in [-0.1, -0.05) is 34.1 Å². The number of carbonyl (C=O) groups is 3. The van der Waals surface area contributed by atoms with Gasteiger partial charge in [0.1, 0.15) is 0 Å². The van der Waals surface area contributed by atoms with E-state index in [1.54, 1.807) is 11.0 Å². The Labute approximate surface area is 184 Å². The van der Waals surface area contributed by atoms with Crippen molar-refractivity contribution in [3.63, 3.8) is 0 Å². The third kappa shape index (κ3) is 4.56. The Morgan fingerprint density at radius 3 is 2.43 bits per heavy atom. The summed E-state index contributed by atoms with van der Waals surface area (Å²) >= 11 is 3.46. The van der Waals surface area contributed by atoms with Crippen LogP contribution >= 0.6 is 15.9 Å². The minimum absolute atomic E-state index is 0.0826. The summed E-state index contributed by atoms with van der Waals surface area (Å²) in [6, 6.07) is 9.48. The summed E-state index contributed by atoms with van der Waals surface area (Å²) in [6.45, 7) is 7.62. The number of esters is 1. The predicted octanol–water partition coefficient (Wildman–Crippen LogP) is 4.22. The van der Waals surface area contributed by atoms with Crippen molar-refractivity contribution in [2.45, 2.75) is 34.1 Å². The highest BCUT2D eigenvalue weighted by atomic mass is 79.9. The normalized spacial score (nSPS) is 16.0. The van der Waals surface area contributed by atoms with Crippen LogP contribution in [-0.4, -0.2) is 30.9 Å². The number of hydrogen-bond acceptors (Lipinski definition) is 4. The van der Waals surface area contributed by atoms with Gasteiger partial charge in [-0.2, -0.15) is 0 Å². The van der Waals surface area contributed by atoms with E-state index in [1.807, 2.05) is 52.0 Å². The molecule has 0 saturated carbocycles. The molecule has 1 heterocycles. The molecule has 1 N–H and O–H groups in total. The lowest BCUT2D eigenvalue weighted by atomic mass is 10.1. The number of anilines is 2. The van der Waals surface area contributed by atoms with Crippen LogP contribution in [-0.2, 0) is 19.1 Å². The summed E-state index contributed by atoms with van der Waals surface area (Å²) in [6.07, 6.45) is 0.0826. The highest BCUT2D eigenvalue weighted by molar-refractivity contribution is 9.10. The molecule has 3 rings (SSSR count). The van der Waals surface area contributed by atoms with Crippen LogP contribution in [0, 0.1) is 33.6 Å². The molecule has 158 valence electrons. The lowest BCUT2D eigenvalue weighted by molar-refractivity contribution is -0.151. The van der Waals surface area contributed by atoms with E-state index in [2.05, 4.69) is 21.2 Å². The number of carbonyl (C=O) groups excluding carboxylic acids is 3. The summed E-state index contributed by atoms with van der Waals surface area (Å²) < 4.78 is 6.17. The number of rotatable bonds is 5. The van der Waals surface area contributed by atoms with Crippen molar-refractivity contribution >= 4 is 45.1 Å². The molecular formula is C23H25BrN2O4. The molecule has 1 aliphatic rings. The quantitative estimate of drug-likeness (QED) is 0.660. The van der Waals surface area contributed by atoms with Gasteiger partial charge in [0.15, 0.2) is 6.61 Å². The van der Waals surface area contributed by atoms with Crippen LogP contribution in [0.4, 0.5) is 11.4 Å². The first-order chi connectivity index (χ1) is 14.2. The Bertz CT molecular complexity index is 998. The number of aryl methyl sites for hydroxylation is 2. The second kappa shape index (κ2) is 9.00. The first-order valence-corrected chi connectivity index (χ1v) is 10.6. The molecule has 2 amide bonds. The monoisotopic (exact) mass is 472 g/mol. The highest BCUT2D eigenvalue weighted by Gasteiger charge is 2.37. The molecule has 1 atom stereocenters. The molecule has 0 aromatic heterocycles. The van der Waals surface area contributed by atoms with Crippen molar-refractivity contribution in [2.75, 3.05) is 23.4 Å². The standard InChI is InChI=1S/C23H25BrN2O4/c1-13-6-5-7-14(2)22(13)26-11-17(10-21(26)28)23(29)30-12-20(27)25-19-9-8-18(24)15(3)16(19)4/h5-9,17H,10-12H2,1-4H3,(H,25,27)/t17-/m1/s1. The Morgan fingerprint density at radius 2 is 1.77 bits per heavy atom. The largest absolute Gasteiger partial charge is 0.455 e. The third-order valence-electron chi connectivity index (χ3n) is 5.51. The smallest absolute Gasteiger partial charge is 0.311 e. The van der Waals surface area contributed by atoms with Gasteiger partial charge < -0.3 is 15.0 Å². The van der Waals surface area contributed by atoms with Crippen molar-refractivity contribution in [3.05, 3.63) is 57.1 Å². The fraction of sp³-hybridized carbons (Fsp3) is 0.348. The van der Waals surface area contributed by atoms with Crippen molar-refractivity contribution in [2.24, 2.45) is 5.92 Å². The van der Waals surface area contributed by atoms with E-state index in [0.717, 1.165) is 32.4 Å². The molecule has 0 unspecified atom stereocenters. The number of para-hydroxylation sites is 1. The van der Waals surface area contributed by atoms with Crippen molar-refractivity contribution < 1.29 is 19.1 Å². The fourth-order valence-corrected chi connectivity index (χ4v) is 4.11. The second-order valence-electron chi connectivity index (χ2n) is 7.65. The Balaban J connectivity index is 1.59. The molecule has 2 aromatic carbocycles. The zero-order valence-electron chi connectivity index (χ0n) is 17.5. The van der Waals surface area contributed by atoms with E-state index in [0.29, 0.717) is 5.69 Å². The van der Waals surface area contributed by atoms with Gasteiger partial charge in [0.25, 0.3) is 5.91 Å². The number of nitrogens with one attached hydrogen (secondary N) is 1. The Hall–Kier alpha value is -2.67. The predicted molar refractivity (Wildman–Crippen MR) is 120 cm³/mol. The number of nitrogens with zero attached hydrogens (tertiary/aromatic N) is 1. The molecular weight excluding hydrogens is 448 g/mol. The van der Waals surface area contributed by atoms with Gasteiger partial charge in [-0.05, 0) is 62.1 Å². The highest BCUT2D eigenvalue weighted by Crippen LogP contribution is 2.31. The average Bonchev–Trinajstić information content (AvgIpc) is 3.08. The zero-order chi connectivity index (χ0) is 22.0. The van der Waals surface area contributed by atoms with Crippen molar-refractivity contribution in [1.82, 2.24) is 0 Å². The SMILES string of the molecule is Cc1cccc(C)c1N1C[C@H](C(=O)OCC(=O)Nc2ccc(Br)c(C)c2C)CC1=O. The number of amides is 2. The summed E-state index contributed by atoms with van der Waals surface area (Å²) in [5, 5.41) is 2.77. The Morgan fingerprint density at radius 1 is 1.10 bits per heavy atom. The molecule has 1 saturated heterocycles. The van der Waals surface area contributed by atoms with Gasteiger partial charge in [-0.15, -0.1) is 0 Å². The summed E-state index contributed by atoms with van der Waals surface area (Å²) in [5.74, 6) is -1.64. The third-order valence-corrected chi connectivity index (χ3v) is 6.37. The van der Waals surface area contributed by atoms with Crippen LogP contribution in [0.15, 0.2) is 34.8 Å². The maximum Gasteiger partial charge on any atom is 0.311 e. The van der Waals surface area contributed by atoms with Gasteiger partial charge in [0, 0.05) is 28.8 Å². The molecule has 0 spiro atoms. The molecule has 30 heavy (non-hydrogen) atoms.